The first-order valence-electron chi connectivity index (χ1n) is 7.69. The van der Waals surface area contributed by atoms with Crippen LogP contribution in [0.1, 0.15) is 64.5 Å². The van der Waals surface area contributed by atoms with E-state index in [4.69, 9.17) is 5.73 Å². The Balaban J connectivity index is 2.25. The minimum atomic E-state index is -0.116. The summed E-state index contributed by atoms with van der Waals surface area (Å²) in [4.78, 5) is 0. The van der Waals surface area contributed by atoms with Crippen LogP contribution in [0.2, 0.25) is 0 Å². The maximum atomic E-state index is 6.76. The average Bonchev–Trinajstić information content (AvgIpc) is 2.26. The van der Waals surface area contributed by atoms with Crippen LogP contribution in [-0.2, 0) is 12.0 Å². The second-order valence-corrected chi connectivity index (χ2v) is 7.65. The monoisotopic (exact) mass is 259 g/mol. The van der Waals surface area contributed by atoms with Crippen LogP contribution in [0.4, 0.5) is 0 Å². The molecule has 1 atom stereocenters. The van der Waals surface area contributed by atoms with Gasteiger partial charge in [0.15, 0.2) is 0 Å². The van der Waals surface area contributed by atoms with E-state index in [0.29, 0.717) is 11.3 Å². The molecular weight excluding hydrogens is 230 g/mol. The molecule has 0 aromatic heterocycles. The van der Waals surface area contributed by atoms with Crippen LogP contribution < -0.4 is 5.73 Å². The van der Waals surface area contributed by atoms with E-state index in [9.17, 15) is 0 Å². The van der Waals surface area contributed by atoms with Crippen LogP contribution in [0.5, 0.6) is 0 Å². The van der Waals surface area contributed by atoms with Gasteiger partial charge in [-0.05, 0) is 48.1 Å². The molecule has 1 aliphatic rings. The molecule has 1 fully saturated rings. The Morgan fingerprint density at radius 1 is 1.21 bits per heavy atom. The lowest BCUT2D eigenvalue weighted by atomic mass is 9.66. The molecule has 1 saturated carbocycles. The van der Waals surface area contributed by atoms with Crippen molar-refractivity contribution in [2.45, 2.75) is 65.3 Å². The second kappa shape index (κ2) is 5.28. The molecule has 1 aliphatic carbocycles. The zero-order valence-electron chi connectivity index (χ0n) is 13.0. The largest absolute Gasteiger partial charge is 0.321 e. The van der Waals surface area contributed by atoms with Gasteiger partial charge in [0.05, 0.1) is 0 Å². The lowest BCUT2D eigenvalue weighted by Gasteiger charge is -2.43. The molecule has 2 rings (SSSR count). The van der Waals surface area contributed by atoms with E-state index in [1.807, 2.05) is 0 Å². The minimum absolute atomic E-state index is 0.116. The zero-order valence-corrected chi connectivity index (χ0v) is 13.0. The predicted octanol–water partition coefficient (Wildman–Crippen LogP) is 4.64. The van der Waals surface area contributed by atoms with Gasteiger partial charge < -0.3 is 5.73 Å². The number of benzene rings is 1. The summed E-state index contributed by atoms with van der Waals surface area (Å²) in [5.74, 6) is 0.701. The summed E-state index contributed by atoms with van der Waals surface area (Å²) in [6.07, 6.45) is 5.93. The van der Waals surface area contributed by atoms with Crippen molar-refractivity contribution in [1.29, 1.82) is 0 Å². The highest BCUT2D eigenvalue weighted by Gasteiger charge is 2.38. The SMILES string of the molecule is CC(C)Cc1cccc(C2(N)CCCC(C)(C)C2)c1. The lowest BCUT2D eigenvalue weighted by Crippen LogP contribution is -2.44. The summed E-state index contributed by atoms with van der Waals surface area (Å²) in [5, 5.41) is 0. The topological polar surface area (TPSA) is 26.0 Å². The number of nitrogens with two attached hydrogens (primary N) is 1. The van der Waals surface area contributed by atoms with Crippen molar-refractivity contribution in [1.82, 2.24) is 0 Å². The quantitative estimate of drug-likeness (QED) is 0.841. The smallest absolute Gasteiger partial charge is 0.0414 e. The van der Waals surface area contributed by atoms with Gasteiger partial charge in [-0.2, -0.15) is 0 Å². The van der Waals surface area contributed by atoms with E-state index in [2.05, 4.69) is 52.0 Å². The molecule has 0 heterocycles. The molecule has 1 nitrogen and oxygen atoms in total. The van der Waals surface area contributed by atoms with Gasteiger partial charge >= 0.3 is 0 Å². The van der Waals surface area contributed by atoms with Crippen LogP contribution in [0, 0.1) is 11.3 Å². The molecule has 1 unspecified atom stereocenters. The first-order valence-corrected chi connectivity index (χ1v) is 7.69. The first kappa shape index (κ1) is 14.6. The molecule has 0 spiro atoms. The van der Waals surface area contributed by atoms with Gasteiger partial charge in [-0.1, -0.05) is 58.4 Å². The Morgan fingerprint density at radius 3 is 2.58 bits per heavy atom. The summed E-state index contributed by atoms with van der Waals surface area (Å²) in [5.41, 5.74) is 9.79. The van der Waals surface area contributed by atoms with E-state index in [1.54, 1.807) is 0 Å². The van der Waals surface area contributed by atoms with Gasteiger partial charge in [0.25, 0.3) is 0 Å². The van der Waals surface area contributed by atoms with Crippen LogP contribution in [0.3, 0.4) is 0 Å². The van der Waals surface area contributed by atoms with E-state index >= 15 is 0 Å². The van der Waals surface area contributed by atoms with Crippen LogP contribution in [0.25, 0.3) is 0 Å². The Labute approximate surface area is 118 Å². The van der Waals surface area contributed by atoms with Gasteiger partial charge in [-0.15, -0.1) is 0 Å². The van der Waals surface area contributed by atoms with E-state index in [0.717, 1.165) is 19.3 Å². The summed E-state index contributed by atoms with van der Waals surface area (Å²) in [7, 11) is 0. The van der Waals surface area contributed by atoms with Crippen molar-refractivity contribution in [3.05, 3.63) is 35.4 Å². The maximum absolute atomic E-state index is 6.76. The van der Waals surface area contributed by atoms with Crippen molar-refractivity contribution in [3.8, 4) is 0 Å². The molecule has 0 amide bonds. The summed E-state index contributed by atoms with van der Waals surface area (Å²) in [6.45, 7) is 9.25. The zero-order chi connectivity index (χ0) is 14.1. The predicted molar refractivity (Wildman–Crippen MR) is 83.1 cm³/mol. The third-order valence-corrected chi connectivity index (χ3v) is 4.42. The van der Waals surface area contributed by atoms with Gasteiger partial charge in [-0.3, -0.25) is 0 Å². The second-order valence-electron chi connectivity index (χ2n) is 7.65. The Hall–Kier alpha value is -0.820. The van der Waals surface area contributed by atoms with Crippen molar-refractivity contribution in [2.24, 2.45) is 17.1 Å². The highest BCUT2D eigenvalue weighted by molar-refractivity contribution is 5.30. The molecule has 1 heteroatoms. The highest BCUT2D eigenvalue weighted by Crippen LogP contribution is 2.44. The van der Waals surface area contributed by atoms with Crippen LogP contribution in [-0.4, -0.2) is 0 Å². The fourth-order valence-electron chi connectivity index (χ4n) is 3.64. The van der Waals surface area contributed by atoms with Crippen LogP contribution in [0.15, 0.2) is 24.3 Å². The van der Waals surface area contributed by atoms with Gasteiger partial charge in [-0.25, -0.2) is 0 Å². The standard InChI is InChI=1S/C18H29N/c1-14(2)11-15-7-5-8-16(12-15)18(19)10-6-9-17(3,4)13-18/h5,7-8,12,14H,6,9-11,13,19H2,1-4H3. The molecule has 1 aromatic carbocycles. The molecule has 1 aromatic rings. The Kier molecular flexibility index (Phi) is 4.06. The summed E-state index contributed by atoms with van der Waals surface area (Å²) >= 11 is 0. The molecule has 0 aliphatic heterocycles. The Bertz CT molecular complexity index is 433. The van der Waals surface area contributed by atoms with E-state index < -0.39 is 0 Å². The van der Waals surface area contributed by atoms with Crippen molar-refractivity contribution in [3.63, 3.8) is 0 Å². The Morgan fingerprint density at radius 2 is 1.95 bits per heavy atom. The molecule has 2 N–H and O–H groups in total. The van der Waals surface area contributed by atoms with Gasteiger partial charge in [0, 0.05) is 5.54 Å². The molecule has 0 saturated heterocycles. The van der Waals surface area contributed by atoms with Gasteiger partial charge in [0.2, 0.25) is 0 Å². The number of hydrogen-bond donors (Lipinski definition) is 1. The molecule has 106 valence electrons. The van der Waals surface area contributed by atoms with Crippen molar-refractivity contribution >= 4 is 0 Å². The molecule has 0 bridgehead atoms. The number of hydrogen-bond acceptors (Lipinski definition) is 1. The molecule has 0 radical (unpaired) electrons. The lowest BCUT2D eigenvalue weighted by molar-refractivity contribution is 0.151. The molecule has 19 heavy (non-hydrogen) atoms. The van der Waals surface area contributed by atoms with Crippen molar-refractivity contribution in [2.75, 3.05) is 0 Å². The van der Waals surface area contributed by atoms with Crippen molar-refractivity contribution < 1.29 is 0 Å². The number of rotatable bonds is 3. The summed E-state index contributed by atoms with van der Waals surface area (Å²) in [6, 6.07) is 9.00. The fourth-order valence-corrected chi connectivity index (χ4v) is 3.64. The third-order valence-electron chi connectivity index (χ3n) is 4.42. The van der Waals surface area contributed by atoms with E-state index in [-0.39, 0.29) is 5.54 Å². The normalized spacial score (nSPS) is 26.6. The minimum Gasteiger partial charge on any atom is -0.321 e. The third kappa shape index (κ3) is 3.60. The van der Waals surface area contributed by atoms with E-state index in [1.165, 1.54) is 24.0 Å². The first-order chi connectivity index (χ1) is 8.81. The van der Waals surface area contributed by atoms with Gasteiger partial charge in [0.1, 0.15) is 0 Å². The summed E-state index contributed by atoms with van der Waals surface area (Å²) < 4.78 is 0. The molecular formula is C18H29N. The maximum Gasteiger partial charge on any atom is 0.0414 e. The van der Waals surface area contributed by atoms with Crippen LogP contribution >= 0.6 is 0 Å². The fraction of sp³-hybridized carbons (Fsp3) is 0.667. The highest BCUT2D eigenvalue weighted by atomic mass is 14.8. The average molecular weight is 259 g/mol.